The average Bonchev–Trinajstić information content (AvgIpc) is 3.45. The van der Waals surface area contributed by atoms with Crippen molar-refractivity contribution in [3.8, 4) is 17.2 Å². The SMILES string of the molecule is Cc1cc(Br)c(NC(=O)COc2ccc(/C=C3/SC(=S)N(c4ccc5c(c4)OCO5)C3=O)cc2)cc1C. The summed E-state index contributed by atoms with van der Waals surface area (Å²) in [6.45, 7) is 4.03. The van der Waals surface area contributed by atoms with Crippen molar-refractivity contribution in [2.45, 2.75) is 13.8 Å². The minimum atomic E-state index is -0.264. The van der Waals surface area contributed by atoms with Crippen molar-refractivity contribution in [1.29, 1.82) is 0 Å². The molecule has 0 atom stereocenters. The second-order valence-corrected chi connectivity index (χ2v) is 10.9. The van der Waals surface area contributed by atoms with E-state index in [1.807, 2.05) is 38.1 Å². The zero-order chi connectivity index (χ0) is 26.1. The van der Waals surface area contributed by atoms with Crippen LogP contribution in [0.15, 0.2) is 64.0 Å². The Hall–Kier alpha value is -3.34. The number of thioether (sulfide) groups is 1. The maximum Gasteiger partial charge on any atom is 0.270 e. The number of hydrogen-bond donors (Lipinski definition) is 1. The van der Waals surface area contributed by atoms with Gasteiger partial charge in [-0.15, -0.1) is 0 Å². The van der Waals surface area contributed by atoms with Crippen molar-refractivity contribution in [2.24, 2.45) is 0 Å². The van der Waals surface area contributed by atoms with Crippen LogP contribution in [0.1, 0.15) is 16.7 Å². The molecule has 0 unspecified atom stereocenters. The van der Waals surface area contributed by atoms with E-state index in [4.69, 9.17) is 26.4 Å². The summed E-state index contributed by atoms with van der Waals surface area (Å²) in [5, 5.41) is 2.86. The van der Waals surface area contributed by atoms with Gasteiger partial charge in [-0.3, -0.25) is 14.5 Å². The Kier molecular flexibility index (Phi) is 7.23. The number of rotatable bonds is 6. The van der Waals surface area contributed by atoms with Crippen LogP contribution in [-0.2, 0) is 9.59 Å². The number of ether oxygens (including phenoxy) is 3. The summed E-state index contributed by atoms with van der Waals surface area (Å²) in [5.41, 5.74) is 4.36. The molecule has 5 rings (SSSR count). The highest BCUT2D eigenvalue weighted by molar-refractivity contribution is 9.10. The van der Waals surface area contributed by atoms with Gasteiger partial charge in [0.25, 0.3) is 11.8 Å². The molecule has 3 aromatic rings. The largest absolute Gasteiger partial charge is 0.484 e. The smallest absolute Gasteiger partial charge is 0.270 e. The molecule has 1 fully saturated rings. The van der Waals surface area contributed by atoms with Gasteiger partial charge in [0, 0.05) is 10.5 Å². The van der Waals surface area contributed by atoms with E-state index in [-0.39, 0.29) is 25.2 Å². The van der Waals surface area contributed by atoms with Crippen LogP contribution in [0.5, 0.6) is 17.2 Å². The topological polar surface area (TPSA) is 77.1 Å². The Morgan fingerprint density at radius 3 is 2.62 bits per heavy atom. The minimum Gasteiger partial charge on any atom is -0.484 e. The van der Waals surface area contributed by atoms with Crippen LogP contribution < -0.4 is 24.4 Å². The molecule has 10 heteroatoms. The van der Waals surface area contributed by atoms with E-state index in [9.17, 15) is 9.59 Å². The van der Waals surface area contributed by atoms with Crippen LogP contribution in [0.4, 0.5) is 11.4 Å². The van der Waals surface area contributed by atoms with Crippen LogP contribution in [0.2, 0.25) is 0 Å². The molecule has 0 spiro atoms. The van der Waals surface area contributed by atoms with Gasteiger partial charge in [-0.25, -0.2) is 0 Å². The van der Waals surface area contributed by atoms with E-state index in [0.717, 1.165) is 21.2 Å². The van der Waals surface area contributed by atoms with Crippen molar-refractivity contribution in [2.75, 3.05) is 23.6 Å². The number of aryl methyl sites for hydroxylation is 2. The monoisotopic (exact) mass is 596 g/mol. The van der Waals surface area contributed by atoms with Gasteiger partial charge in [-0.2, -0.15) is 0 Å². The summed E-state index contributed by atoms with van der Waals surface area (Å²) in [5.74, 6) is 1.30. The third-order valence-corrected chi connectivity index (χ3v) is 7.77. The Labute approximate surface area is 231 Å². The van der Waals surface area contributed by atoms with Crippen LogP contribution >= 0.6 is 39.9 Å². The molecule has 2 heterocycles. The number of hydrogen-bond acceptors (Lipinski definition) is 7. The van der Waals surface area contributed by atoms with Gasteiger partial charge in [0.15, 0.2) is 22.4 Å². The van der Waals surface area contributed by atoms with Crippen LogP contribution in [0.25, 0.3) is 6.08 Å². The van der Waals surface area contributed by atoms with E-state index in [2.05, 4.69) is 21.2 Å². The lowest BCUT2D eigenvalue weighted by atomic mass is 10.1. The number of amides is 2. The molecule has 0 radical (unpaired) electrons. The highest BCUT2D eigenvalue weighted by atomic mass is 79.9. The van der Waals surface area contributed by atoms with Gasteiger partial charge in [-0.05, 0) is 88.9 Å². The standard InChI is InChI=1S/C27H21BrN2O5S2/c1-15-9-20(28)21(10-16(15)2)29-25(31)13-33-19-6-3-17(4-7-19)11-24-26(32)30(27(36)37-24)18-5-8-22-23(12-18)35-14-34-22/h3-12H,13-14H2,1-2H3,(H,29,31)/b24-11+. The van der Waals surface area contributed by atoms with Gasteiger partial charge in [0.2, 0.25) is 6.79 Å². The first kappa shape index (κ1) is 25.3. The van der Waals surface area contributed by atoms with E-state index in [1.54, 1.807) is 36.4 Å². The van der Waals surface area contributed by atoms with Crippen LogP contribution in [-0.4, -0.2) is 29.5 Å². The predicted octanol–water partition coefficient (Wildman–Crippen LogP) is 6.22. The Morgan fingerprint density at radius 2 is 1.84 bits per heavy atom. The second-order valence-electron chi connectivity index (χ2n) is 8.38. The van der Waals surface area contributed by atoms with Gasteiger partial charge in [0.05, 0.1) is 16.3 Å². The molecule has 0 aliphatic carbocycles. The molecule has 2 aliphatic heterocycles. The number of halogens is 1. The molecule has 3 aromatic carbocycles. The predicted molar refractivity (Wildman–Crippen MR) is 152 cm³/mol. The van der Waals surface area contributed by atoms with Gasteiger partial charge in [0.1, 0.15) is 5.75 Å². The van der Waals surface area contributed by atoms with E-state index < -0.39 is 0 Å². The fourth-order valence-corrected chi connectivity index (χ4v) is 5.59. The molecule has 0 aromatic heterocycles. The molecule has 188 valence electrons. The van der Waals surface area contributed by atoms with Crippen LogP contribution in [0, 0.1) is 13.8 Å². The second kappa shape index (κ2) is 10.6. The molecule has 0 bridgehead atoms. The number of benzene rings is 3. The summed E-state index contributed by atoms with van der Waals surface area (Å²) in [4.78, 5) is 27.4. The number of nitrogens with zero attached hydrogens (tertiary/aromatic N) is 1. The van der Waals surface area contributed by atoms with E-state index >= 15 is 0 Å². The summed E-state index contributed by atoms with van der Waals surface area (Å²) >= 11 is 10.2. The van der Waals surface area contributed by atoms with Crippen molar-refractivity contribution < 1.29 is 23.8 Å². The highest BCUT2D eigenvalue weighted by Gasteiger charge is 2.34. The first-order valence-corrected chi connectivity index (χ1v) is 13.3. The maximum absolute atomic E-state index is 13.1. The lowest BCUT2D eigenvalue weighted by molar-refractivity contribution is -0.118. The van der Waals surface area contributed by atoms with Gasteiger partial charge < -0.3 is 19.5 Å². The van der Waals surface area contributed by atoms with Crippen molar-refractivity contribution >= 4 is 73.5 Å². The normalized spacial score (nSPS) is 15.4. The first-order valence-electron chi connectivity index (χ1n) is 11.3. The molecule has 0 saturated carbocycles. The minimum absolute atomic E-state index is 0.132. The van der Waals surface area contributed by atoms with Crippen molar-refractivity contribution in [3.05, 3.63) is 80.7 Å². The fourth-order valence-electron chi connectivity index (χ4n) is 3.74. The Bertz CT molecular complexity index is 1460. The average molecular weight is 598 g/mol. The number of fused-ring (bicyclic) bond motifs is 1. The molecule has 37 heavy (non-hydrogen) atoms. The molecule has 1 saturated heterocycles. The third-order valence-electron chi connectivity index (χ3n) is 5.81. The summed E-state index contributed by atoms with van der Waals surface area (Å²) in [7, 11) is 0. The lowest BCUT2D eigenvalue weighted by Gasteiger charge is -2.14. The Morgan fingerprint density at radius 1 is 1.11 bits per heavy atom. The molecule has 1 N–H and O–H groups in total. The van der Waals surface area contributed by atoms with Crippen LogP contribution in [0.3, 0.4) is 0 Å². The van der Waals surface area contributed by atoms with Crippen molar-refractivity contribution in [1.82, 2.24) is 0 Å². The molecule has 7 nitrogen and oxygen atoms in total. The highest BCUT2D eigenvalue weighted by Crippen LogP contribution is 2.40. The number of carbonyl (C=O) groups is 2. The van der Waals surface area contributed by atoms with Gasteiger partial charge >= 0.3 is 0 Å². The lowest BCUT2D eigenvalue weighted by Crippen LogP contribution is -2.27. The van der Waals surface area contributed by atoms with E-state index in [1.165, 1.54) is 16.7 Å². The quantitative estimate of drug-likeness (QED) is 0.267. The van der Waals surface area contributed by atoms with Gasteiger partial charge in [-0.1, -0.05) is 36.1 Å². The zero-order valence-electron chi connectivity index (χ0n) is 19.9. The van der Waals surface area contributed by atoms with E-state index in [0.29, 0.717) is 37.8 Å². The summed E-state index contributed by atoms with van der Waals surface area (Å²) in [6, 6.07) is 16.3. The van der Waals surface area contributed by atoms with Crippen molar-refractivity contribution in [3.63, 3.8) is 0 Å². The Balaban J connectivity index is 1.21. The molecular weight excluding hydrogens is 576 g/mol. The number of nitrogens with one attached hydrogen (secondary N) is 1. The maximum atomic E-state index is 13.1. The number of anilines is 2. The first-order chi connectivity index (χ1) is 17.8. The summed E-state index contributed by atoms with van der Waals surface area (Å²) in [6.07, 6.45) is 1.78. The fraction of sp³-hybridized carbons (Fsp3) is 0.148. The summed E-state index contributed by atoms with van der Waals surface area (Å²) < 4.78 is 17.7. The third kappa shape index (κ3) is 5.51. The molecule has 2 amide bonds. The number of carbonyl (C=O) groups excluding carboxylic acids is 2. The molecular formula is C27H21BrN2O5S2. The number of thiocarbonyl (C=S) groups is 1. The zero-order valence-corrected chi connectivity index (χ0v) is 23.1. The molecule has 2 aliphatic rings.